The highest BCUT2D eigenvalue weighted by molar-refractivity contribution is 9.08. The molecule has 0 bridgehead atoms. The van der Waals surface area contributed by atoms with Crippen LogP contribution in [0.1, 0.15) is 56.3 Å². The Hall–Kier alpha value is -1.38. The van der Waals surface area contributed by atoms with E-state index < -0.39 is 0 Å². The van der Waals surface area contributed by atoms with Crippen molar-refractivity contribution in [2.45, 2.75) is 27.9 Å². The third-order valence-electron chi connectivity index (χ3n) is 6.68. The molecular weight excluding hydrogens is 436 g/mol. The molecule has 0 aliphatic heterocycles. The van der Waals surface area contributed by atoms with Crippen LogP contribution >= 0.6 is 31.9 Å². The summed E-state index contributed by atoms with van der Waals surface area (Å²) in [5, 5.41) is 1.85. The van der Waals surface area contributed by atoms with Gasteiger partial charge in [-0.15, -0.1) is 0 Å². The zero-order valence-electron chi connectivity index (χ0n) is 13.6. The minimum absolute atomic E-state index is 0.185. The quantitative estimate of drug-likeness (QED) is 0.397. The van der Waals surface area contributed by atoms with E-state index in [2.05, 4.69) is 92.5 Å². The molecule has 2 heteroatoms. The molecule has 0 N–H and O–H groups in total. The summed E-state index contributed by atoms with van der Waals surface area (Å²) in [6, 6.07) is 22.9. The van der Waals surface area contributed by atoms with E-state index in [9.17, 15) is 0 Å². The normalized spacial score (nSPS) is 26.5. The Morgan fingerprint density at radius 2 is 1.08 bits per heavy atom. The fraction of sp³-hybridized carbons (Fsp3) is 0.217. The largest absolute Gasteiger partial charge is 0.0876 e. The van der Waals surface area contributed by atoms with Crippen molar-refractivity contribution in [2.24, 2.45) is 0 Å². The number of rotatable bonds is 2. The van der Waals surface area contributed by atoms with Gasteiger partial charge >= 0.3 is 0 Å². The van der Waals surface area contributed by atoms with Gasteiger partial charge in [-0.2, -0.15) is 0 Å². The molecule has 0 radical (unpaired) electrons. The summed E-state index contributed by atoms with van der Waals surface area (Å²) >= 11 is 7.50. The summed E-state index contributed by atoms with van der Waals surface area (Å²) < 4.78 is 0. The molecule has 2 unspecified atom stereocenters. The highest BCUT2D eigenvalue weighted by Gasteiger charge is 2.69. The molecule has 3 aromatic rings. The van der Waals surface area contributed by atoms with Crippen LogP contribution in [0.5, 0.6) is 0 Å². The molecule has 0 nitrogen and oxygen atoms in total. The molecule has 0 saturated heterocycles. The smallest absolute Gasteiger partial charge is 0.0427 e. The number of benzene rings is 3. The summed E-state index contributed by atoms with van der Waals surface area (Å²) in [7, 11) is 0. The maximum atomic E-state index is 3.75. The minimum atomic E-state index is 0.185. The summed E-state index contributed by atoms with van der Waals surface area (Å²) in [5.41, 5.74) is 12.5. The van der Waals surface area contributed by atoms with Gasteiger partial charge in [0.05, 0.1) is 0 Å². The maximum absolute atomic E-state index is 3.75. The van der Waals surface area contributed by atoms with Crippen molar-refractivity contribution in [3.8, 4) is 0 Å². The summed E-state index contributed by atoms with van der Waals surface area (Å²) in [4.78, 5) is 0. The average Bonchev–Trinajstić information content (AvgIpc) is 2.87. The molecule has 2 atom stereocenters. The maximum Gasteiger partial charge on any atom is 0.0427 e. The minimum Gasteiger partial charge on any atom is -0.0876 e. The van der Waals surface area contributed by atoms with Crippen LogP contribution in [0, 0.1) is 0 Å². The second-order valence-electron chi connectivity index (χ2n) is 7.39. The summed E-state index contributed by atoms with van der Waals surface area (Å²) in [6.07, 6.45) is 0. The van der Waals surface area contributed by atoms with Crippen LogP contribution in [0.25, 0.3) is 0 Å². The van der Waals surface area contributed by atoms with Crippen LogP contribution in [0.3, 0.4) is 0 Å². The van der Waals surface area contributed by atoms with Crippen molar-refractivity contribution < 1.29 is 0 Å². The van der Waals surface area contributed by atoms with E-state index in [4.69, 9.17) is 0 Å². The van der Waals surface area contributed by atoms with Gasteiger partial charge in [0, 0.05) is 27.9 Å². The van der Waals surface area contributed by atoms with E-state index in [0.29, 0.717) is 11.8 Å². The SMILES string of the molecule is BrCc1ccc(CBr)c2c1C1c3ccccc3C13c1ccccc1C23. The molecule has 0 amide bonds. The van der Waals surface area contributed by atoms with E-state index in [1.54, 1.807) is 22.3 Å². The molecule has 0 aromatic heterocycles. The lowest BCUT2D eigenvalue weighted by Crippen LogP contribution is -2.52. The Balaban J connectivity index is 1.76. The first-order valence-electron chi connectivity index (χ1n) is 8.79. The Labute approximate surface area is 164 Å². The molecule has 0 fully saturated rings. The van der Waals surface area contributed by atoms with Gasteiger partial charge in [0.25, 0.3) is 0 Å². The molecule has 0 heterocycles. The first-order chi connectivity index (χ1) is 12.3. The molecule has 3 aliphatic carbocycles. The predicted octanol–water partition coefficient (Wildman–Crippen LogP) is 6.37. The van der Waals surface area contributed by atoms with E-state index >= 15 is 0 Å². The van der Waals surface area contributed by atoms with Crippen molar-refractivity contribution in [3.05, 3.63) is 105 Å². The van der Waals surface area contributed by atoms with Gasteiger partial charge in [0.2, 0.25) is 0 Å². The molecular formula is C23H16Br2. The van der Waals surface area contributed by atoms with E-state index in [0.717, 1.165) is 10.7 Å². The van der Waals surface area contributed by atoms with E-state index in [1.165, 1.54) is 22.3 Å². The van der Waals surface area contributed by atoms with Crippen LogP contribution in [0.15, 0.2) is 60.7 Å². The summed E-state index contributed by atoms with van der Waals surface area (Å²) in [5.74, 6) is 1.04. The van der Waals surface area contributed by atoms with Crippen LogP contribution in [0.4, 0.5) is 0 Å². The predicted molar refractivity (Wildman–Crippen MR) is 109 cm³/mol. The average molecular weight is 452 g/mol. The molecule has 6 rings (SSSR count). The Morgan fingerprint density at radius 3 is 1.52 bits per heavy atom. The van der Waals surface area contributed by atoms with Gasteiger partial charge in [0.1, 0.15) is 0 Å². The fourth-order valence-corrected chi connectivity index (χ4v) is 6.91. The number of hydrogen-bond donors (Lipinski definition) is 0. The van der Waals surface area contributed by atoms with Gasteiger partial charge in [-0.05, 0) is 44.5 Å². The molecule has 1 spiro atoms. The highest BCUT2D eigenvalue weighted by Crippen LogP contribution is 2.77. The van der Waals surface area contributed by atoms with Crippen molar-refractivity contribution in [1.29, 1.82) is 0 Å². The van der Waals surface area contributed by atoms with Gasteiger partial charge in [0.15, 0.2) is 0 Å². The second kappa shape index (κ2) is 4.86. The van der Waals surface area contributed by atoms with Crippen molar-refractivity contribution in [2.75, 3.05) is 0 Å². The number of fused-ring (bicyclic) bond motifs is 7. The highest BCUT2D eigenvalue weighted by atomic mass is 79.9. The molecule has 25 heavy (non-hydrogen) atoms. The molecule has 3 aliphatic rings. The first-order valence-corrected chi connectivity index (χ1v) is 11.0. The van der Waals surface area contributed by atoms with Gasteiger partial charge < -0.3 is 0 Å². The molecule has 0 saturated carbocycles. The first kappa shape index (κ1) is 14.8. The van der Waals surface area contributed by atoms with Gasteiger partial charge in [-0.1, -0.05) is 92.5 Å². The van der Waals surface area contributed by atoms with Crippen molar-refractivity contribution in [1.82, 2.24) is 0 Å². The lowest BCUT2D eigenvalue weighted by Gasteiger charge is -2.58. The van der Waals surface area contributed by atoms with E-state index in [-0.39, 0.29) is 5.41 Å². The van der Waals surface area contributed by atoms with Gasteiger partial charge in [-0.25, -0.2) is 0 Å². The lowest BCUT2D eigenvalue weighted by molar-refractivity contribution is 0.332. The molecule has 3 aromatic carbocycles. The van der Waals surface area contributed by atoms with Crippen molar-refractivity contribution >= 4 is 31.9 Å². The summed E-state index contributed by atoms with van der Waals surface area (Å²) in [6.45, 7) is 0. The van der Waals surface area contributed by atoms with Crippen LogP contribution in [-0.2, 0) is 16.1 Å². The number of alkyl halides is 2. The monoisotopic (exact) mass is 450 g/mol. The second-order valence-corrected chi connectivity index (χ2v) is 8.51. The number of halogens is 2. The third kappa shape index (κ3) is 1.44. The standard InChI is InChI=1S/C23H16Br2/c24-11-13-9-10-14(12-25)20-19(13)21-15-5-1-3-7-17(15)23(21)18-8-4-2-6-16(18)22(20)23/h1-10,21-22H,11-12H2. The van der Waals surface area contributed by atoms with E-state index in [1.807, 2.05) is 0 Å². The zero-order chi connectivity index (χ0) is 16.8. The van der Waals surface area contributed by atoms with Crippen LogP contribution < -0.4 is 0 Å². The Bertz CT molecular complexity index is 965. The molecule has 122 valence electrons. The third-order valence-corrected chi connectivity index (χ3v) is 7.89. The number of hydrogen-bond acceptors (Lipinski definition) is 0. The van der Waals surface area contributed by atoms with Crippen molar-refractivity contribution in [3.63, 3.8) is 0 Å². The topological polar surface area (TPSA) is 0 Å². The van der Waals surface area contributed by atoms with Gasteiger partial charge in [-0.3, -0.25) is 0 Å². The van der Waals surface area contributed by atoms with Crippen LogP contribution in [-0.4, -0.2) is 0 Å². The van der Waals surface area contributed by atoms with Crippen LogP contribution in [0.2, 0.25) is 0 Å². The fourth-order valence-electron chi connectivity index (χ4n) is 5.93. The lowest BCUT2D eigenvalue weighted by atomic mass is 9.43. The Kier molecular flexibility index (Phi) is 2.87. The zero-order valence-corrected chi connectivity index (χ0v) is 16.8. The Morgan fingerprint density at radius 1 is 0.640 bits per heavy atom.